The smallest absolute Gasteiger partial charge is 0.240 e. The van der Waals surface area contributed by atoms with Crippen molar-refractivity contribution >= 4 is 26.0 Å². The van der Waals surface area contributed by atoms with Crippen molar-refractivity contribution in [3.05, 3.63) is 65.2 Å². The molecule has 2 aromatic rings. The number of rotatable bonds is 7. The van der Waals surface area contributed by atoms with Gasteiger partial charge in [-0.15, -0.1) is 0 Å². The summed E-state index contributed by atoms with van der Waals surface area (Å²) in [5.41, 5.74) is -0.910. The Balaban J connectivity index is 1.84. The highest BCUT2D eigenvalue weighted by Gasteiger charge is 2.37. The number of nitrogens with one attached hydrogen (secondary N) is 1. The van der Waals surface area contributed by atoms with E-state index >= 15 is 0 Å². The molecule has 8 heteroatoms. The van der Waals surface area contributed by atoms with Gasteiger partial charge < -0.3 is 14.6 Å². The molecule has 0 saturated carbocycles. The summed E-state index contributed by atoms with van der Waals surface area (Å²) < 4.78 is 39.4. The zero-order valence-electron chi connectivity index (χ0n) is 14.5. The van der Waals surface area contributed by atoms with Crippen LogP contribution in [0.2, 0.25) is 0 Å². The summed E-state index contributed by atoms with van der Waals surface area (Å²) >= 11 is 3.26. The first kappa shape index (κ1) is 19.9. The van der Waals surface area contributed by atoms with Crippen molar-refractivity contribution in [2.24, 2.45) is 0 Å². The van der Waals surface area contributed by atoms with Gasteiger partial charge in [-0.25, -0.2) is 13.1 Å². The topological polar surface area (TPSA) is 84.9 Å². The molecule has 1 unspecified atom stereocenters. The largest absolute Gasteiger partial charge is 0.493 e. The van der Waals surface area contributed by atoms with Crippen LogP contribution < -0.4 is 14.2 Å². The number of benzene rings is 2. The van der Waals surface area contributed by atoms with Crippen LogP contribution in [0.15, 0.2) is 64.5 Å². The van der Waals surface area contributed by atoms with Gasteiger partial charge in [0.05, 0.1) is 11.5 Å². The zero-order valence-corrected chi connectivity index (χ0v) is 16.9. The third-order valence-electron chi connectivity index (χ3n) is 4.25. The van der Waals surface area contributed by atoms with Gasteiger partial charge >= 0.3 is 0 Å². The van der Waals surface area contributed by atoms with Crippen LogP contribution in [0.3, 0.4) is 0 Å². The Bertz CT molecular complexity index is 947. The summed E-state index contributed by atoms with van der Waals surface area (Å²) in [4.78, 5) is 0.121. The van der Waals surface area contributed by atoms with E-state index in [1.165, 1.54) is 12.1 Å². The third-order valence-corrected chi connectivity index (χ3v) is 6.15. The summed E-state index contributed by atoms with van der Waals surface area (Å²) in [6, 6.07) is 11.5. The van der Waals surface area contributed by atoms with Gasteiger partial charge in [0.1, 0.15) is 23.7 Å². The molecule has 27 heavy (non-hydrogen) atoms. The lowest BCUT2D eigenvalue weighted by atomic mass is 9.88. The third kappa shape index (κ3) is 4.52. The maximum absolute atomic E-state index is 12.6. The van der Waals surface area contributed by atoms with Crippen molar-refractivity contribution in [2.45, 2.75) is 16.9 Å². The number of halogens is 1. The fourth-order valence-corrected chi connectivity index (χ4v) is 4.51. The summed E-state index contributed by atoms with van der Waals surface area (Å²) in [6.45, 7) is 4.04. The van der Waals surface area contributed by atoms with Gasteiger partial charge in [-0.3, -0.25) is 0 Å². The molecule has 0 spiro atoms. The van der Waals surface area contributed by atoms with Crippen LogP contribution in [0.25, 0.3) is 0 Å². The maximum atomic E-state index is 12.6. The minimum atomic E-state index is -3.77. The lowest BCUT2D eigenvalue weighted by Crippen LogP contribution is -2.43. The highest BCUT2D eigenvalue weighted by molar-refractivity contribution is 9.10. The van der Waals surface area contributed by atoms with E-state index in [0.29, 0.717) is 28.1 Å². The average molecular weight is 454 g/mol. The molecule has 0 bridgehead atoms. The van der Waals surface area contributed by atoms with Crippen molar-refractivity contribution in [3.8, 4) is 11.5 Å². The molecule has 6 nitrogen and oxygen atoms in total. The first-order chi connectivity index (χ1) is 12.8. The Labute approximate surface area is 167 Å². The molecule has 1 aliphatic rings. The molecule has 1 heterocycles. The molecule has 0 amide bonds. The predicted octanol–water partition coefficient (Wildman–Crippen LogP) is 2.96. The molecule has 0 aliphatic carbocycles. The van der Waals surface area contributed by atoms with Gasteiger partial charge in [0.2, 0.25) is 10.0 Å². The second-order valence-electron chi connectivity index (χ2n) is 6.17. The molecule has 1 atom stereocenters. The fraction of sp³-hybridized carbons (Fsp3) is 0.263. The van der Waals surface area contributed by atoms with Crippen molar-refractivity contribution in [3.63, 3.8) is 0 Å². The van der Waals surface area contributed by atoms with Crippen molar-refractivity contribution in [2.75, 3.05) is 19.8 Å². The molecule has 0 radical (unpaired) electrons. The van der Waals surface area contributed by atoms with Crippen molar-refractivity contribution in [1.82, 2.24) is 4.72 Å². The Kier molecular flexibility index (Phi) is 5.90. The average Bonchev–Trinajstić information content (AvgIpc) is 2.65. The normalized spacial score (nSPS) is 19.0. The number of fused-ring (bicyclic) bond motifs is 1. The van der Waals surface area contributed by atoms with E-state index in [1.807, 2.05) is 0 Å². The molecule has 2 N–H and O–H groups in total. The van der Waals surface area contributed by atoms with Crippen LogP contribution in [0.4, 0.5) is 0 Å². The van der Waals surface area contributed by atoms with E-state index in [2.05, 4.69) is 27.2 Å². The van der Waals surface area contributed by atoms with Crippen molar-refractivity contribution < 1.29 is 23.0 Å². The van der Waals surface area contributed by atoms with Crippen LogP contribution >= 0.6 is 15.9 Å². The van der Waals surface area contributed by atoms with Gasteiger partial charge in [-0.2, -0.15) is 0 Å². The molecule has 0 fully saturated rings. The predicted molar refractivity (Wildman–Crippen MR) is 105 cm³/mol. The highest BCUT2D eigenvalue weighted by Crippen LogP contribution is 2.39. The van der Waals surface area contributed by atoms with Crippen LogP contribution in [0.5, 0.6) is 11.5 Å². The number of ether oxygens (including phenoxy) is 2. The lowest BCUT2D eigenvalue weighted by Gasteiger charge is -2.34. The minimum Gasteiger partial charge on any atom is -0.493 e. The van der Waals surface area contributed by atoms with Gasteiger partial charge in [0.15, 0.2) is 0 Å². The summed E-state index contributed by atoms with van der Waals surface area (Å²) in [5, 5.41) is 11.1. The Hall–Kier alpha value is -1.87. The van der Waals surface area contributed by atoms with Gasteiger partial charge in [-0.1, -0.05) is 34.7 Å². The van der Waals surface area contributed by atoms with Crippen LogP contribution in [-0.4, -0.2) is 33.3 Å². The standard InChI is InChI=1S/C19H20BrNO5S/c1-2-9-25-15-6-7-18-17(12-15)19(22,8-10-26-18)13-21-27(23,24)16-5-3-4-14(20)11-16/h2-7,11-12,21-22H,1,8-10,13H2. The van der Waals surface area contributed by atoms with E-state index in [4.69, 9.17) is 9.47 Å². The van der Waals surface area contributed by atoms with Gasteiger partial charge in [0, 0.05) is 23.0 Å². The molecule has 0 saturated heterocycles. The molecule has 144 valence electrons. The molecule has 2 aromatic carbocycles. The second-order valence-corrected chi connectivity index (χ2v) is 8.85. The highest BCUT2D eigenvalue weighted by atomic mass is 79.9. The number of sulfonamides is 1. The number of hydrogen-bond acceptors (Lipinski definition) is 5. The summed E-state index contributed by atoms with van der Waals surface area (Å²) in [6.07, 6.45) is 1.88. The summed E-state index contributed by atoms with van der Waals surface area (Å²) in [5.74, 6) is 1.06. The van der Waals surface area contributed by atoms with E-state index in [9.17, 15) is 13.5 Å². The first-order valence-corrected chi connectivity index (χ1v) is 10.6. The Morgan fingerprint density at radius 2 is 2.15 bits per heavy atom. The van der Waals surface area contributed by atoms with E-state index in [-0.39, 0.29) is 24.5 Å². The van der Waals surface area contributed by atoms with Crippen LogP contribution in [0.1, 0.15) is 12.0 Å². The number of hydrogen-bond donors (Lipinski definition) is 2. The molecule has 3 rings (SSSR count). The molecule has 1 aliphatic heterocycles. The molecule has 0 aromatic heterocycles. The Morgan fingerprint density at radius 3 is 2.89 bits per heavy atom. The van der Waals surface area contributed by atoms with Gasteiger partial charge in [-0.05, 0) is 36.4 Å². The number of aliphatic hydroxyl groups is 1. The molecular formula is C19H20BrNO5S. The van der Waals surface area contributed by atoms with Gasteiger partial charge in [0.25, 0.3) is 0 Å². The Morgan fingerprint density at radius 1 is 1.33 bits per heavy atom. The van der Waals surface area contributed by atoms with Crippen LogP contribution in [-0.2, 0) is 15.6 Å². The van der Waals surface area contributed by atoms with E-state index in [0.717, 1.165) is 0 Å². The zero-order chi connectivity index (χ0) is 19.5. The fourth-order valence-electron chi connectivity index (χ4n) is 2.82. The van der Waals surface area contributed by atoms with E-state index in [1.54, 1.807) is 36.4 Å². The van der Waals surface area contributed by atoms with Crippen molar-refractivity contribution in [1.29, 1.82) is 0 Å². The first-order valence-electron chi connectivity index (χ1n) is 8.33. The van der Waals surface area contributed by atoms with Crippen LogP contribution in [0, 0.1) is 0 Å². The SMILES string of the molecule is C=CCOc1ccc2c(c1)C(O)(CNS(=O)(=O)c1cccc(Br)c1)CCO2. The van der Waals surface area contributed by atoms with E-state index < -0.39 is 15.6 Å². The maximum Gasteiger partial charge on any atom is 0.240 e. The lowest BCUT2D eigenvalue weighted by molar-refractivity contribution is 0.00194. The molecular weight excluding hydrogens is 434 g/mol. The minimum absolute atomic E-state index is 0.121. The second kappa shape index (κ2) is 8.02. The summed E-state index contributed by atoms with van der Waals surface area (Å²) in [7, 11) is -3.77. The quantitative estimate of drug-likeness (QED) is 0.629. The monoisotopic (exact) mass is 453 g/mol.